The van der Waals surface area contributed by atoms with Crippen LogP contribution in [0.1, 0.15) is 18.0 Å². The van der Waals surface area contributed by atoms with Crippen LogP contribution in [0, 0.1) is 5.92 Å². The molecule has 2 unspecified atom stereocenters. The first-order valence-corrected chi connectivity index (χ1v) is 5.94. The van der Waals surface area contributed by atoms with Gasteiger partial charge in [-0.2, -0.15) is 0 Å². The minimum absolute atomic E-state index is 0.0194. The fourth-order valence-corrected chi connectivity index (χ4v) is 2.26. The van der Waals surface area contributed by atoms with Crippen molar-refractivity contribution >= 4 is 17.8 Å². The summed E-state index contributed by atoms with van der Waals surface area (Å²) in [6.07, 6.45) is -0.197. The monoisotopic (exact) mass is 279 g/mol. The second-order valence-corrected chi connectivity index (χ2v) is 4.62. The van der Waals surface area contributed by atoms with Gasteiger partial charge in [-0.25, -0.2) is 4.79 Å². The number of carboxylic acids is 2. The number of aromatic hydroxyl groups is 1. The van der Waals surface area contributed by atoms with Crippen molar-refractivity contribution in [1.29, 1.82) is 0 Å². The number of carbonyl (C=O) groups excluding carboxylic acids is 1. The molecule has 1 heterocycles. The van der Waals surface area contributed by atoms with E-state index in [1.165, 1.54) is 24.3 Å². The Labute approximate surface area is 114 Å². The van der Waals surface area contributed by atoms with Gasteiger partial charge in [0.2, 0.25) is 5.91 Å². The average Bonchev–Trinajstić information content (AvgIpc) is 2.74. The van der Waals surface area contributed by atoms with Crippen LogP contribution in [-0.4, -0.2) is 44.6 Å². The third kappa shape index (κ3) is 2.56. The number of likely N-dealkylation sites (tertiary alicyclic amines) is 1. The van der Waals surface area contributed by atoms with Gasteiger partial charge in [0.25, 0.3) is 0 Å². The van der Waals surface area contributed by atoms with Crippen LogP contribution in [0.4, 0.5) is 0 Å². The Kier molecular flexibility index (Phi) is 3.60. The van der Waals surface area contributed by atoms with Crippen LogP contribution in [-0.2, 0) is 14.4 Å². The number of amides is 1. The smallest absolute Gasteiger partial charge is 0.331 e. The fraction of sp³-hybridized carbons (Fsp3) is 0.308. The van der Waals surface area contributed by atoms with Crippen LogP contribution >= 0.6 is 0 Å². The fourth-order valence-electron chi connectivity index (χ4n) is 2.26. The lowest BCUT2D eigenvalue weighted by Crippen LogP contribution is -2.35. The van der Waals surface area contributed by atoms with Crippen molar-refractivity contribution in [2.45, 2.75) is 12.5 Å². The lowest BCUT2D eigenvalue weighted by Gasteiger charge is -2.24. The van der Waals surface area contributed by atoms with Crippen molar-refractivity contribution in [2.24, 2.45) is 5.92 Å². The predicted molar refractivity (Wildman–Crippen MR) is 65.9 cm³/mol. The Bertz CT molecular complexity index is 552. The van der Waals surface area contributed by atoms with Crippen LogP contribution in [0.3, 0.4) is 0 Å². The zero-order valence-corrected chi connectivity index (χ0v) is 10.4. The third-order valence-corrected chi connectivity index (χ3v) is 3.26. The van der Waals surface area contributed by atoms with Gasteiger partial charge in [0.05, 0.1) is 5.92 Å². The summed E-state index contributed by atoms with van der Waals surface area (Å²) < 4.78 is 0. The van der Waals surface area contributed by atoms with E-state index in [1.807, 2.05) is 0 Å². The summed E-state index contributed by atoms with van der Waals surface area (Å²) in [6, 6.07) is 4.19. The van der Waals surface area contributed by atoms with Gasteiger partial charge in [0.15, 0.2) is 6.04 Å². The topological polar surface area (TPSA) is 115 Å². The molecule has 1 aromatic rings. The molecule has 7 heteroatoms. The molecule has 106 valence electrons. The summed E-state index contributed by atoms with van der Waals surface area (Å²) >= 11 is 0. The quantitative estimate of drug-likeness (QED) is 0.737. The number of phenolic OH excluding ortho intramolecular Hbond substituents is 1. The van der Waals surface area contributed by atoms with Gasteiger partial charge in [-0.15, -0.1) is 0 Å². The van der Waals surface area contributed by atoms with Gasteiger partial charge in [0, 0.05) is 13.0 Å². The molecule has 1 saturated heterocycles. The maximum atomic E-state index is 11.8. The van der Waals surface area contributed by atoms with Crippen molar-refractivity contribution in [1.82, 2.24) is 4.90 Å². The van der Waals surface area contributed by atoms with Gasteiger partial charge in [-0.3, -0.25) is 9.59 Å². The Morgan fingerprint density at radius 3 is 2.25 bits per heavy atom. The molecule has 0 spiro atoms. The zero-order valence-electron chi connectivity index (χ0n) is 10.4. The summed E-state index contributed by atoms with van der Waals surface area (Å²) in [5.74, 6) is -3.76. The molecule has 0 bridgehead atoms. The summed E-state index contributed by atoms with van der Waals surface area (Å²) in [5, 5.41) is 27.4. The molecule has 0 saturated carbocycles. The van der Waals surface area contributed by atoms with Crippen molar-refractivity contribution in [3.8, 4) is 5.75 Å². The van der Waals surface area contributed by atoms with Gasteiger partial charge < -0.3 is 20.2 Å². The number of carbonyl (C=O) groups is 3. The molecule has 0 aromatic heterocycles. The van der Waals surface area contributed by atoms with Crippen molar-refractivity contribution < 1.29 is 29.7 Å². The molecule has 1 aliphatic rings. The van der Waals surface area contributed by atoms with E-state index in [1.54, 1.807) is 0 Å². The molecule has 2 atom stereocenters. The minimum atomic E-state index is -1.24. The lowest BCUT2D eigenvalue weighted by molar-refractivity contribution is -0.149. The largest absolute Gasteiger partial charge is 0.508 e. The van der Waals surface area contributed by atoms with E-state index in [9.17, 15) is 24.6 Å². The average molecular weight is 279 g/mol. The number of nitrogens with zero attached hydrogens (tertiary/aromatic N) is 1. The highest BCUT2D eigenvalue weighted by Crippen LogP contribution is 2.30. The first-order chi connectivity index (χ1) is 9.40. The molecule has 1 aliphatic heterocycles. The minimum Gasteiger partial charge on any atom is -0.508 e. The van der Waals surface area contributed by atoms with E-state index in [0.29, 0.717) is 5.56 Å². The van der Waals surface area contributed by atoms with Crippen LogP contribution in [0.2, 0.25) is 0 Å². The summed E-state index contributed by atoms with van der Waals surface area (Å²) in [4.78, 5) is 35.2. The normalized spacial score (nSPS) is 19.9. The summed E-state index contributed by atoms with van der Waals surface area (Å²) in [7, 11) is 0. The lowest BCUT2D eigenvalue weighted by atomic mass is 10.1. The Morgan fingerprint density at radius 2 is 1.80 bits per heavy atom. The predicted octanol–water partition coefficient (Wildman–Crippen LogP) is 0.451. The van der Waals surface area contributed by atoms with E-state index in [-0.39, 0.29) is 18.7 Å². The maximum absolute atomic E-state index is 11.8. The standard InChI is InChI=1S/C13H13NO6/c15-9-3-1-7(2-4-9)11(13(19)20)14-6-8(12(17)18)5-10(14)16/h1-4,8,11,15H,5-6H2,(H,17,18)(H,19,20). The number of aliphatic carboxylic acids is 2. The highest BCUT2D eigenvalue weighted by Gasteiger charge is 2.41. The SMILES string of the molecule is O=C(O)C1CC(=O)N(C(C(=O)O)c2ccc(O)cc2)C1. The maximum Gasteiger partial charge on any atom is 0.331 e. The second-order valence-electron chi connectivity index (χ2n) is 4.62. The van der Waals surface area contributed by atoms with Crippen LogP contribution in [0.15, 0.2) is 24.3 Å². The van der Waals surface area contributed by atoms with Gasteiger partial charge in [-0.05, 0) is 17.7 Å². The molecule has 1 aromatic carbocycles. The van der Waals surface area contributed by atoms with Crippen molar-refractivity contribution in [3.05, 3.63) is 29.8 Å². The molecular weight excluding hydrogens is 266 g/mol. The molecule has 7 nitrogen and oxygen atoms in total. The number of carboxylic acid groups (broad SMARTS) is 2. The Morgan fingerprint density at radius 1 is 1.20 bits per heavy atom. The zero-order chi connectivity index (χ0) is 14.9. The van der Waals surface area contributed by atoms with E-state index in [2.05, 4.69) is 0 Å². The number of rotatable bonds is 4. The molecule has 3 N–H and O–H groups in total. The third-order valence-electron chi connectivity index (χ3n) is 3.26. The molecule has 20 heavy (non-hydrogen) atoms. The second kappa shape index (κ2) is 5.20. The highest BCUT2D eigenvalue weighted by molar-refractivity contribution is 5.90. The molecule has 0 radical (unpaired) electrons. The Balaban J connectivity index is 2.30. The van der Waals surface area contributed by atoms with Crippen LogP contribution in [0.5, 0.6) is 5.75 Å². The first-order valence-electron chi connectivity index (χ1n) is 5.94. The van der Waals surface area contributed by atoms with E-state index in [4.69, 9.17) is 5.11 Å². The molecule has 1 fully saturated rings. The number of hydrogen-bond donors (Lipinski definition) is 3. The summed E-state index contributed by atoms with van der Waals surface area (Å²) in [5.41, 5.74) is 0.315. The van der Waals surface area contributed by atoms with Crippen LogP contribution in [0.25, 0.3) is 0 Å². The number of hydrogen-bond acceptors (Lipinski definition) is 4. The number of phenols is 1. The molecule has 1 amide bonds. The van der Waals surface area contributed by atoms with E-state index >= 15 is 0 Å². The molecule has 2 rings (SSSR count). The molecule has 0 aliphatic carbocycles. The number of benzene rings is 1. The first kappa shape index (κ1) is 13.9. The summed E-state index contributed by atoms with van der Waals surface area (Å²) in [6.45, 7) is -0.133. The molecular formula is C13H13NO6. The van der Waals surface area contributed by atoms with Crippen LogP contribution < -0.4 is 0 Å². The van der Waals surface area contributed by atoms with Crippen molar-refractivity contribution in [3.63, 3.8) is 0 Å². The Hall–Kier alpha value is -2.57. The highest BCUT2D eigenvalue weighted by atomic mass is 16.4. The van der Waals surface area contributed by atoms with E-state index < -0.39 is 29.8 Å². The van der Waals surface area contributed by atoms with E-state index in [0.717, 1.165) is 4.90 Å². The van der Waals surface area contributed by atoms with Crippen molar-refractivity contribution in [2.75, 3.05) is 6.54 Å². The van der Waals surface area contributed by atoms with Gasteiger partial charge in [0.1, 0.15) is 5.75 Å². The van der Waals surface area contributed by atoms with Gasteiger partial charge in [-0.1, -0.05) is 12.1 Å². The van der Waals surface area contributed by atoms with Gasteiger partial charge >= 0.3 is 11.9 Å².